The van der Waals surface area contributed by atoms with Crippen molar-refractivity contribution in [3.63, 3.8) is 0 Å². The molecule has 3 rings (SSSR count). The molecule has 0 aliphatic heterocycles. The Labute approximate surface area is 179 Å². The molecule has 2 N–H and O–H groups in total. The van der Waals surface area contributed by atoms with Gasteiger partial charge in [0.15, 0.2) is 0 Å². The number of nitro benzene ring substituents is 1. The number of non-ortho nitro benzene ring substituents is 1. The number of rotatable bonds is 9. The molecule has 31 heavy (non-hydrogen) atoms. The second-order valence-corrected chi connectivity index (χ2v) is 6.76. The Morgan fingerprint density at radius 3 is 2.48 bits per heavy atom. The van der Waals surface area contributed by atoms with Gasteiger partial charge in [-0.3, -0.25) is 14.9 Å². The summed E-state index contributed by atoms with van der Waals surface area (Å²) in [7, 11) is 0. The molecule has 0 saturated heterocycles. The lowest BCUT2D eigenvalue weighted by Gasteiger charge is -2.09. The third kappa shape index (κ3) is 6.67. The number of nitrogens with zero attached hydrogens (tertiary/aromatic N) is 2. The number of carbonyl (C=O) groups is 1. The van der Waals surface area contributed by atoms with E-state index in [0.29, 0.717) is 11.3 Å². The van der Waals surface area contributed by atoms with E-state index in [1.54, 1.807) is 18.2 Å². The van der Waals surface area contributed by atoms with Gasteiger partial charge in [-0.2, -0.15) is 5.10 Å². The van der Waals surface area contributed by atoms with Crippen LogP contribution in [-0.2, 0) is 11.4 Å². The number of hydrazone groups is 1. The highest BCUT2D eigenvalue weighted by atomic mass is 16.6. The van der Waals surface area contributed by atoms with Crippen LogP contribution in [0.1, 0.15) is 16.7 Å². The first-order valence-corrected chi connectivity index (χ1v) is 9.59. The molecular formula is C23H22N4O4. The second-order valence-electron chi connectivity index (χ2n) is 6.76. The van der Waals surface area contributed by atoms with Gasteiger partial charge in [-0.15, -0.1) is 0 Å². The van der Waals surface area contributed by atoms with Crippen LogP contribution in [0.4, 0.5) is 11.4 Å². The average Bonchev–Trinajstić information content (AvgIpc) is 2.78. The molecule has 0 aliphatic rings. The molecule has 0 bridgehead atoms. The van der Waals surface area contributed by atoms with Crippen LogP contribution in [-0.4, -0.2) is 23.6 Å². The number of amides is 1. The number of para-hydroxylation sites is 1. The zero-order chi connectivity index (χ0) is 22.1. The Morgan fingerprint density at radius 1 is 1.06 bits per heavy atom. The lowest BCUT2D eigenvalue weighted by molar-refractivity contribution is -0.384. The molecule has 1 amide bonds. The molecule has 3 aromatic carbocycles. The molecule has 0 aliphatic carbocycles. The molecule has 0 heterocycles. The molecule has 8 nitrogen and oxygen atoms in total. The molecule has 0 unspecified atom stereocenters. The lowest BCUT2D eigenvalue weighted by Crippen LogP contribution is -2.25. The van der Waals surface area contributed by atoms with Crippen LogP contribution in [0.15, 0.2) is 77.9 Å². The predicted octanol–water partition coefficient (Wildman–Crippen LogP) is 4.04. The highest BCUT2D eigenvalue weighted by molar-refractivity contribution is 5.86. The first-order valence-electron chi connectivity index (χ1n) is 9.59. The quantitative estimate of drug-likeness (QED) is 0.310. The number of carbonyl (C=O) groups excluding carboxylic acids is 1. The number of nitro groups is 1. The molecule has 8 heteroatoms. The van der Waals surface area contributed by atoms with Crippen LogP contribution in [0, 0.1) is 17.0 Å². The van der Waals surface area contributed by atoms with Crippen LogP contribution >= 0.6 is 0 Å². The second kappa shape index (κ2) is 10.5. The molecule has 0 atom stereocenters. The van der Waals surface area contributed by atoms with Crippen molar-refractivity contribution in [2.75, 3.05) is 11.9 Å². The number of ether oxygens (including phenoxy) is 1. The van der Waals surface area contributed by atoms with E-state index in [2.05, 4.69) is 15.8 Å². The Balaban J connectivity index is 1.52. The molecule has 0 fully saturated rings. The van der Waals surface area contributed by atoms with Crippen molar-refractivity contribution in [3.05, 3.63) is 99.6 Å². The molecule has 0 aromatic heterocycles. The van der Waals surface area contributed by atoms with Crippen molar-refractivity contribution < 1.29 is 14.5 Å². The predicted molar refractivity (Wildman–Crippen MR) is 119 cm³/mol. The first-order chi connectivity index (χ1) is 15.0. The third-order valence-electron chi connectivity index (χ3n) is 4.36. The van der Waals surface area contributed by atoms with Gasteiger partial charge >= 0.3 is 0 Å². The van der Waals surface area contributed by atoms with E-state index in [4.69, 9.17) is 4.74 Å². The van der Waals surface area contributed by atoms with E-state index in [9.17, 15) is 14.9 Å². The van der Waals surface area contributed by atoms with Crippen molar-refractivity contribution in [2.45, 2.75) is 13.5 Å². The zero-order valence-electron chi connectivity index (χ0n) is 16.9. The summed E-state index contributed by atoms with van der Waals surface area (Å²) >= 11 is 0. The van der Waals surface area contributed by atoms with Crippen molar-refractivity contribution in [3.8, 4) is 5.75 Å². The van der Waals surface area contributed by atoms with Gasteiger partial charge in [-0.1, -0.05) is 29.8 Å². The fraction of sp³-hybridized carbons (Fsp3) is 0.130. The topological polar surface area (TPSA) is 106 Å². The standard InChI is InChI=1S/C23H22N4O4/c1-17-6-10-20(11-7-17)24-15-23(28)26-25-14-19-4-2-3-5-22(19)31-16-18-8-12-21(13-9-18)27(29)30/h2-14,24H,15-16H2,1H3,(H,26,28)/b25-14-. The Morgan fingerprint density at radius 2 is 1.77 bits per heavy atom. The van der Waals surface area contributed by atoms with Gasteiger partial charge in [0.05, 0.1) is 17.7 Å². The van der Waals surface area contributed by atoms with E-state index >= 15 is 0 Å². The van der Waals surface area contributed by atoms with Crippen LogP contribution < -0.4 is 15.5 Å². The molecule has 0 saturated carbocycles. The smallest absolute Gasteiger partial charge is 0.269 e. The van der Waals surface area contributed by atoms with Gasteiger partial charge in [-0.05, 0) is 48.9 Å². The minimum Gasteiger partial charge on any atom is -0.488 e. The SMILES string of the molecule is Cc1ccc(NCC(=O)N/N=C\c2ccccc2OCc2ccc([N+](=O)[O-])cc2)cc1. The van der Waals surface area contributed by atoms with Crippen LogP contribution in [0.2, 0.25) is 0 Å². The van der Waals surface area contributed by atoms with E-state index in [1.807, 2.05) is 49.4 Å². The lowest BCUT2D eigenvalue weighted by atomic mass is 10.2. The van der Waals surface area contributed by atoms with Gasteiger partial charge in [0.25, 0.3) is 11.6 Å². The summed E-state index contributed by atoms with van der Waals surface area (Å²) in [6.45, 7) is 2.34. The summed E-state index contributed by atoms with van der Waals surface area (Å²) in [4.78, 5) is 22.3. The monoisotopic (exact) mass is 418 g/mol. The van der Waals surface area contributed by atoms with Crippen LogP contribution in [0.3, 0.4) is 0 Å². The van der Waals surface area contributed by atoms with Gasteiger partial charge < -0.3 is 10.1 Å². The van der Waals surface area contributed by atoms with E-state index in [1.165, 1.54) is 18.3 Å². The van der Waals surface area contributed by atoms with E-state index < -0.39 is 4.92 Å². The number of hydrogen-bond donors (Lipinski definition) is 2. The van der Waals surface area contributed by atoms with Gasteiger partial charge in [-0.25, -0.2) is 5.43 Å². The average molecular weight is 418 g/mol. The number of benzene rings is 3. The molecule has 0 spiro atoms. The maximum Gasteiger partial charge on any atom is 0.269 e. The fourth-order valence-corrected chi connectivity index (χ4v) is 2.66. The molecule has 0 radical (unpaired) electrons. The van der Waals surface area contributed by atoms with Crippen molar-refractivity contribution in [2.24, 2.45) is 5.10 Å². The Kier molecular flexibility index (Phi) is 7.31. The largest absolute Gasteiger partial charge is 0.488 e. The summed E-state index contributed by atoms with van der Waals surface area (Å²) < 4.78 is 5.81. The highest BCUT2D eigenvalue weighted by Crippen LogP contribution is 2.19. The molecule has 3 aromatic rings. The Hall–Kier alpha value is -4.20. The van der Waals surface area contributed by atoms with Gasteiger partial charge in [0.1, 0.15) is 12.4 Å². The number of anilines is 1. The number of nitrogens with one attached hydrogen (secondary N) is 2. The van der Waals surface area contributed by atoms with Gasteiger partial charge in [0, 0.05) is 23.4 Å². The Bertz CT molecular complexity index is 1060. The molecule has 158 valence electrons. The third-order valence-corrected chi connectivity index (χ3v) is 4.36. The normalized spacial score (nSPS) is 10.6. The van der Waals surface area contributed by atoms with E-state index in [0.717, 1.165) is 16.8 Å². The maximum absolute atomic E-state index is 12.0. The first kappa shape index (κ1) is 21.5. The van der Waals surface area contributed by atoms with Crippen LogP contribution in [0.25, 0.3) is 0 Å². The van der Waals surface area contributed by atoms with Crippen molar-refractivity contribution in [1.29, 1.82) is 0 Å². The maximum atomic E-state index is 12.0. The summed E-state index contributed by atoms with van der Waals surface area (Å²) in [6, 6.07) is 21.2. The zero-order valence-corrected chi connectivity index (χ0v) is 16.9. The minimum atomic E-state index is -0.443. The summed E-state index contributed by atoms with van der Waals surface area (Å²) in [5.41, 5.74) is 6.00. The van der Waals surface area contributed by atoms with Crippen molar-refractivity contribution >= 4 is 23.5 Å². The van der Waals surface area contributed by atoms with Crippen LogP contribution in [0.5, 0.6) is 5.75 Å². The highest BCUT2D eigenvalue weighted by Gasteiger charge is 2.06. The number of hydrogen-bond acceptors (Lipinski definition) is 6. The molecular weight excluding hydrogens is 396 g/mol. The van der Waals surface area contributed by atoms with Gasteiger partial charge in [0.2, 0.25) is 0 Å². The fourth-order valence-electron chi connectivity index (χ4n) is 2.66. The number of aryl methyl sites for hydroxylation is 1. The summed E-state index contributed by atoms with van der Waals surface area (Å²) in [5, 5.41) is 17.8. The van der Waals surface area contributed by atoms with Crippen molar-refractivity contribution in [1.82, 2.24) is 5.43 Å². The summed E-state index contributed by atoms with van der Waals surface area (Å²) in [6.07, 6.45) is 1.51. The summed E-state index contributed by atoms with van der Waals surface area (Å²) in [5.74, 6) is 0.303. The minimum absolute atomic E-state index is 0.0314. The van der Waals surface area contributed by atoms with E-state index in [-0.39, 0.29) is 24.7 Å².